The van der Waals surface area contributed by atoms with Crippen LogP contribution in [0.25, 0.3) is 0 Å². The molecule has 1 aliphatic heterocycles. The second kappa shape index (κ2) is 4.86. The first-order chi connectivity index (χ1) is 9.55. The van der Waals surface area contributed by atoms with Gasteiger partial charge in [0.15, 0.2) is 9.84 Å². The van der Waals surface area contributed by atoms with E-state index in [0.717, 1.165) is 18.8 Å². The average molecular weight is 293 g/mol. The minimum absolute atomic E-state index is 0.115. The molecule has 3 rings (SSSR count). The van der Waals surface area contributed by atoms with Crippen LogP contribution in [0.1, 0.15) is 18.0 Å². The zero-order valence-electron chi connectivity index (χ0n) is 11.0. The van der Waals surface area contributed by atoms with Gasteiger partial charge in [0.2, 0.25) is 0 Å². The first-order valence-electron chi connectivity index (χ1n) is 6.30. The molecule has 0 saturated carbocycles. The van der Waals surface area contributed by atoms with E-state index in [1.807, 2.05) is 0 Å². The van der Waals surface area contributed by atoms with Gasteiger partial charge in [-0.3, -0.25) is 10.1 Å². The number of nitrogens with zero attached hydrogens (tertiary/aromatic N) is 4. The molecule has 106 valence electrons. The van der Waals surface area contributed by atoms with Gasteiger partial charge in [-0.1, -0.05) is 0 Å². The Morgan fingerprint density at radius 3 is 2.90 bits per heavy atom. The molecule has 20 heavy (non-hydrogen) atoms. The SMILES string of the molecule is CS(=O)(=O)c1cn[nH]c1C1CCN(c2cnccn2)C1. The molecule has 0 spiro atoms. The molecule has 3 heterocycles. The van der Waals surface area contributed by atoms with Crippen LogP contribution in [0.4, 0.5) is 5.82 Å². The van der Waals surface area contributed by atoms with E-state index in [1.54, 1.807) is 18.6 Å². The fourth-order valence-electron chi connectivity index (χ4n) is 2.53. The smallest absolute Gasteiger partial charge is 0.178 e. The Balaban J connectivity index is 1.83. The Morgan fingerprint density at radius 1 is 1.35 bits per heavy atom. The number of rotatable bonds is 3. The Kier molecular flexibility index (Phi) is 3.17. The van der Waals surface area contributed by atoms with Crippen molar-refractivity contribution in [2.75, 3.05) is 24.2 Å². The van der Waals surface area contributed by atoms with Crippen molar-refractivity contribution in [2.24, 2.45) is 0 Å². The van der Waals surface area contributed by atoms with Crippen molar-refractivity contribution in [3.8, 4) is 0 Å². The van der Waals surface area contributed by atoms with Crippen molar-refractivity contribution in [1.82, 2.24) is 20.2 Å². The number of sulfone groups is 1. The normalized spacial score (nSPS) is 19.4. The van der Waals surface area contributed by atoms with Gasteiger partial charge in [0.1, 0.15) is 10.7 Å². The maximum atomic E-state index is 11.7. The Hall–Kier alpha value is -1.96. The predicted molar refractivity (Wildman–Crippen MR) is 73.3 cm³/mol. The second-order valence-corrected chi connectivity index (χ2v) is 6.90. The summed E-state index contributed by atoms with van der Waals surface area (Å²) in [4.78, 5) is 10.7. The summed E-state index contributed by atoms with van der Waals surface area (Å²) in [5.74, 6) is 0.930. The molecule has 0 aliphatic carbocycles. The number of hydrogen-bond donors (Lipinski definition) is 1. The summed E-state index contributed by atoms with van der Waals surface area (Å²) in [6, 6.07) is 0. The summed E-state index contributed by atoms with van der Waals surface area (Å²) in [5, 5.41) is 6.71. The molecule has 2 aromatic heterocycles. The molecule has 0 aromatic carbocycles. The quantitative estimate of drug-likeness (QED) is 0.891. The summed E-state index contributed by atoms with van der Waals surface area (Å²) < 4.78 is 23.5. The summed E-state index contributed by atoms with van der Waals surface area (Å²) in [5.41, 5.74) is 0.693. The van der Waals surface area contributed by atoms with Gasteiger partial charge in [-0.25, -0.2) is 13.4 Å². The highest BCUT2D eigenvalue weighted by Gasteiger charge is 2.30. The zero-order chi connectivity index (χ0) is 14.2. The van der Waals surface area contributed by atoms with E-state index in [4.69, 9.17) is 0 Å². The molecule has 1 aliphatic rings. The highest BCUT2D eigenvalue weighted by atomic mass is 32.2. The largest absolute Gasteiger partial charge is 0.355 e. The minimum Gasteiger partial charge on any atom is -0.355 e. The van der Waals surface area contributed by atoms with Crippen LogP contribution in [0.15, 0.2) is 29.7 Å². The summed E-state index contributed by atoms with van der Waals surface area (Å²) >= 11 is 0. The zero-order valence-corrected chi connectivity index (χ0v) is 11.8. The number of hydrogen-bond acceptors (Lipinski definition) is 6. The van der Waals surface area contributed by atoms with Gasteiger partial charge < -0.3 is 4.90 Å². The fourth-order valence-corrected chi connectivity index (χ4v) is 3.39. The van der Waals surface area contributed by atoms with Gasteiger partial charge in [-0.15, -0.1) is 0 Å². The van der Waals surface area contributed by atoms with Crippen LogP contribution in [0.5, 0.6) is 0 Å². The molecular formula is C12H15N5O2S. The van der Waals surface area contributed by atoms with E-state index in [0.29, 0.717) is 17.1 Å². The maximum Gasteiger partial charge on any atom is 0.178 e. The molecular weight excluding hydrogens is 278 g/mol. The maximum absolute atomic E-state index is 11.7. The Labute approximate surface area is 117 Å². The molecule has 1 atom stereocenters. The summed E-state index contributed by atoms with van der Waals surface area (Å²) in [6.45, 7) is 1.54. The van der Waals surface area contributed by atoms with Crippen LogP contribution in [0, 0.1) is 0 Å². The van der Waals surface area contributed by atoms with Crippen molar-refractivity contribution in [3.63, 3.8) is 0 Å². The molecule has 8 heteroatoms. The van der Waals surface area contributed by atoms with E-state index in [2.05, 4.69) is 25.1 Å². The van der Waals surface area contributed by atoms with E-state index >= 15 is 0 Å². The van der Waals surface area contributed by atoms with Crippen molar-refractivity contribution >= 4 is 15.7 Å². The van der Waals surface area contributed by atoms with Gasteiger partial charge in [-0.2, -0.15) is 5.10 Å². The lowest BCUT2D eigenvalue weighted by molar-refractivity contribution is 0.598. The third-order valence-electron chi connectivity index (χ3n) is 3.50. The van der Waals surface area contributed by atoms with Crippen molar-refractivity contribution in [1.29, 1.82) is 0 Å². The third kappa shape index (κ3) is 2.38. The van der Waals surface area contributed by atoms with Crippen molar-refractivity contribution < 1.29 is 8.42 Å². The third-order valence-corrected chi connectivity index (χ3v) is 4.63. The van der Waals surface area contributed by atoms with Gasteiger partial charge >= 0.3 is 0 Å². The van der Waals surface area contributed by atoms with Crippen molar-refractivity contribution in [3.05, 3.63) is 30.5 Å². The standard InChI is InChI=1S/C12H15N5O2S/c1-20(18,19)10-6-15-16-12(10)9-2-5-17(8-9)11-7-13-3-4-14-11/h3-4,6-7,9H,2,5,8H2,1H3,(H,15,16). The van der Waals surface area contributed by atoms with Gasteiger partial charge in [0.25, 0.3) is 0 Å². The van der Waals surface area contributed by atoms with Crippen LogP contribution in [0.3, 0.4) is 0 Å². The van der Waals surface area contributed by atoms with Crippen LogP contribution in [-0.4, -0.2) is 47.9 Å². The number of H-pyrrole nitrogens is 1. The van der Waals surface area contributed by atoms with Gasteiger partial charge in [-0.05, 0) is 6.42 Å². The summed E-state index contributed by atoms with van der Waals surface area (Å²) in [7, 11) is -3.25. The molecule has 2 aromatic rings. The summed E-state index contributed by atoms with van der Waals surface area (Å²) in [6.07, 6.45) is 8.45. The molecule has 1 saturated heterocycles. The Bertz CT molecular complexity index is 698. The number of aromatic amines is 1. The topological polar surface area (TPSA) is 91.8 Å². The lowest BCUT2D eigenvalue weighted by atomic mass is 10.1. The van der Waals surface area contributed by atoms with E-state index in [9.17, 15) is 8.42 Å². The van der Waals surface area contributed by atoms with Crippen LogP contribution < -0.4 is 4.90 Å². The van der Waals surface area contributed by atoms with E-state index < -0.39 is 9.84 Å². The average Bonchev–Trinajstić information content (AvgIpc) is 3.08. The van der Waals surface area contributed by atoms with Crippen LogP contribution in [-0.2, 0) is 9.84 Å². The molecule has 0 radical (unpaired) electrons. The fraction of sp³-hybridized carbons (Fsp3) is 0.417. The van der Waals surface area contributed by atoms with Gasteiger partial charge in [0.05, 0.1) is 18.1 Å². The number of nitrogens with one attached hydrogen (secondary N) is 1. The first kappa shape index (κ1) is 13.0. The van der Waals surface area contributed by atoms with Crippen LogP contribution in [0.2, 0.25) is 0 Å². The molecule has 1 unspecified atom stereocenters. The highest BCUT2D eigenvalue weighted by molar-refractivity contribution is 7.90. The molecule has 0 amide bonds. The van der Waals surface area contributed by atoms with Crippen LogP contribution >= 0.6 is 0 Å². The number of anilines is 1. The second-order valence-electron chi connectivity index (χ2n) is 4.92. The van der Waals surface area contributed by atoms with E-state index in [1.165, 1.54) is 12.5 Å². The minimum atomic E-state index is -3.25. The first-order valence-corrected chi connectivity index (χ1v) is 8.19. The molecule has 0 bridgehead atoms. The van der Waals surface area contributed by atoms with E-state index in [-0.39, 0.29) is 5.92 Å². The van der Waals surface area contributed by atoms with Crippen molar-refractivity contribution in [2.45, 2.75) is 17.2 Å². The monoisotopic (exact) mass is 293 g/mol. The molecule has 1 fully saturated rings. The van der Waals surface area contributed by atoms with Gasteiger partial charge in [0, 0.05) is 37.7 Å². The highest BCUT2D eigenvalue weighted by Crippen LogP contribution is 2.31. The lowest BCUT2D eigenvalue weighted by Crippen LogP contribution is -2.20. The number of aromatic nitrogens is 4. The lowest BCUT2D eigenvalue weighted by Gasteiger charge is -2.16. The molecule has 1 N–H and O–H groups in total. The molecule has 7 nitrogen and oxygen atoms in total. The Morgan fingerprint density at radius 2 is 2.20 bits per heavy atom. The predicted octanol–water partition coefficient (Wildman–Crippen LogP) is 0.597.